The molecule has 19 heavy (non-hydrogen) atoms. The van der Waals surface area contributed by atoms with Gasteiger partial charge in [-0.25, -0.2) is 0 Å². The van der Waals surface area contributed by atoms with Crippen LogP contribution in [0.4, 0.5) is 0 Å². The first-order chi connectivity index (χ1) is 9.29. The normalized spacial score (nSPS) is 12.5. The van der Waals surface area contributed by atoms with Gasteiger partial charge in [-0.1, -0.05) is 13.0 Å². The highest BCUT2D eigenvalue weighted by molar-refractivity contribution is 7.07. The first-order valence-corrected chi connectivity index (χ1v) is 7.91. The first-order valence-electron chi connectivity index (χ1n) is 6.96. The molecule has 0 bridgehead atoms. The van der Waals surface area contributed by atoms with Crippen molar-refractivity contribution in [3.05, 3.63) is 52.0 Å². The van der Waals surface area contributed by atoms with Gasteiger partial charge in [0.1, 0.15) is 0 Å². The van der Waals surface area contributed by atoms with Gasteiger partial charge in [-0.05, 0) is 66.8 Å². The highest BCUT2D eigenvalue weighted by Gasteiger charge is 2.11. The van der Waals surface area contributed by atoms with E-state index in [-0.39, 0.29) is 0 Å². The standard InChI is InChI=1S/C16H22N2S/c1-3-9-17-16(7-5-14-8-10-19-12-14)15-6-4-13(2)18-11-15/h4,6,8,10-12,16-17H,3,5,7,9H2,1-2H3. The number of hydrogen-bond donors (Lipinski definition) is 1. The molecule has 0 aliphatic carbocycles. The summed E-state index contributed by atoms with van der Waals surface area (Å²) < 4.78 is 0. The summed E-state index contributed by atoms with van der Waals surface area (Å²) in [6.07, 6.45) is 5.42. The SMILES string of the molecule is CCCNC(CCc1ccsc1)c1ccc(C)nc1. The van der Waals surface area contributed by atoms with Gasteiger partial charge in [-0.3, -0.25) is 4.98 Å². The van der Waals surface area contributed by atoms with Crippen LogP contribution in [0.25, 0.3) is 0 Å². The molecule has 0 spiro atoms. The van der Waals surface area contributed by atoms with Gasteiger partial charge in [0.25, 0.3) is 0 Å². The van der Waals surface area contributed by atoms with Crippen LogP contribution in [0, 0.1) is 6.92 Å². The van der Waals surface area contributed by atoms with Gasteiger partial charge in [0.05, 0.1) is 0 Å². The molecule has 102 valence electrons. The van der Waals surface area contributed by atoms with E-state index in [0.29, 0.717) is 6.04 Å². The smallest absolute Gasteiger partial charge is 0.0372 e. The average molecular weight is 274 g/mol. The monoisotopic (exact) mass is 274 g/mol. The summed E-state index contributed by atoms with van der Waals surface area (Å²) in [7, 11) is 0. The maximum Gasteiger partial charge on any atom is 0.0372 e. The molecule has 0 amide bonds. The molecule has 2 aromatic rings. The predicted molar refractivity (Wildman–Crippen MR) is 82.6 cm³/mol. The summed E-state index contributed by atoms with van der Waals surface area (Å²) in [4.78, 5) is 4.42. The van der Waals surface area contributed by atoms with Crippen molar-refractivity contribution >= 4 is 11.3 Å². The van der Waals surface area contributed by atoms with Crippen molar-refractivity contribution in [2.45, 2.75) is 39.2 Å². The van der Waals surface area contributed by atoms with E-state index in [1.165, 1.54) is 11.1 Å². The Kier molecular flexibility index (Phi) is 5.55. The molecule has 0 aliphatic heterocycles. The molecule has 0 fully saturated rings. The van der Waals surface area contributed by atoms with E-state index in [1.54, 1.807) is 11.3 Å². The number of thiophene rings is 1. The molecule has 2 heterocycles. The zero-order chi connectivity index (χ0) is 13.5. The van der Waals surface area contributed by atoms with Crippen molar-refractivity contribution in [2.24, 2.45) is 0 Å². The minimum Gasteiger partial charge on any atom is -0.310 e. The van der Waals surface area contributed by atoms with Gasteiger partial charge in [0.15, 0.2) is 0 Å². The van der Waals surface area contributed by atoms with E-state index >= 15 is 0 Å². The van der Waals surface area contributed by atoms with E-state index in [2.05, 4.69) is 46.2 Å². The summed E-state index contributed by atoms with van der Waals surface area (Å²) >= 11 is 1.77. The molecule has 0 saturated carbocycles. The zero-order valence-corrected chi connectivity index (χ0v) is 12.5. The Hall–Kier alpha value is -1.19. The van der Waals surface area contributed by atoms with Gasteiger partial charge in [-0.2, -0.15) is 11.3 Å². The second-order valence-electron chi connectivity index (χ2n) is 4.91. The molecule has 2 aromatic heterocycles. The summed E-state index contributed by atoms with van der Waals surface area (Å²) in [5.74, 6) is 0. The largest absolute Gasteiger partial charge is 0.310 e. The van der Waals surface area contributed by atoms with E-state index in [4.69, 9.17) is 0 Å². The van der Waals surface area contributed by atoms with Crippen LogP contribution in [0.1, 0.15) is 42.6 Å². The third-order valence-corrected chi connectivity index (χ3v) is 4.01. The highest BCUT2D eigenvalue weighted by atomic mass is 32.1. The maximum absolute atomic E-state index is 4.42. The van der Waals surface area contributed by atoms with E-state index < -0.39 is 0 Å². The topological polar surface area (TPSA) is 24.9 Å². The fourth-order valence-corrected chi connectivity index (χ4v) is 2.84. The molecule has 2 nitrogen and oxygen atoms in total. The van der Waals surface area contributed by atoms with E-state index in [0.717, 1.165) is 31.5 Å². The zero-order valence-electron chi connectivity index (χ0n) is 11.7. The van der Waals surface area contributed by atoms with E-state index in [1.807, 2.05) is 13.1 Å². The number of pyridine rings is 1. The van der Waals surface area contributed by atoms with Crippen LogP contribution >= 0.6 is 11.3 Å². The third kappa shape index (κ3) is 4.44. The molecule has 0 radical (unpaired) electrons. The molecule has 2 rings (SSSR count). The van der Waals surface area contributed by atoms with Crippen molar-refractivity contribution in [1.82, 2.24) is 10.3 Å². The quantitative estimate of drug-likeness (QED) is 0.821. The number of nitrogens with one attached hydrogen (secondary N) is 1. The summed E-state index contributed by atoms with van der Waals surface area (Å²) in [6, 6.07) is 6.92. The third-order valence-electron chi connectivity index (χ3n) is 3.28. The lowest BCUT2D eigenvalue weighted by Crippen LogP contribution is -2.22. The Morgan fingerprint density at radius 3 is 2.84 bits per heavy atom. The minimum atomic E-state index is 0.410. The van der Waals surface area contributed by atoms with Gasteiger partial charge >= 0.3 is 0 Å². The molecule has 1 atom stereocenters. The number of rotatable bonds is 7. The Bertz CT molecular complexity index is 462. The first kappa shape index (κ1) is 14.2. The molecule has 0 aliphatic rings. The number of hydrogen-bond acceptors (Lipinski definition) is 3. The second-order valence-corrected chi connectivity index (χ2v) is 5.69. The average Bonchev–Trinajstić information content (AvgIpc) is 2.93. The molecule has 1 N–H and O–H groups in total. The molecule has 1 unspecified atom stereocenters. The lowest BCUT2D eigenvalue weighted by atomic mass is 10.0. The Morgan fingerprint density at radius 2 is 2.21 bits per heavy atom. The lowest BCUT2D eigenvalue weighted by molar-refractivity contribution is 0.498. The van der Waals surface area contributed by atoms with Gasteiger partial charge in [0, 0.05) is 17.9 Å². The Labute approximate surface area is 119 Å². The van der Waals surface area contributed by atoms with Crippen LogP contribution in [-0.2, 0) is 6.42 Å². The highest BCUT2D eigenvalue weighted by Crippen LogP contribution is 2.20. The molecule has 0 aromatic carbocycles. The molecule has 0 saturated heterocycles. The molecular weight excluding hydrogens is 252 g/mol. The Morgan fingerprint density at radius 1 is 1.32 bits per heavy atom. The number of aryl methyl sites for hydroxylation is 2. The van der Waals surface area contributed by atoms with Crippen molar-refractivity contribution in [1.29, 1.82) is 0 Å². The number of aromatic nitrogens is 1. The van der Waals surface area contributed by atoms with Crippen LogP contribution in [0.3, 0.4) is 0 Å². The predicted octanol–water partition coefficient (Wildman–Crippen LogP) is 4.13. The van der Waals surface area contributed by atoms with E-state index in [9.17, 15) is 0 Å². The van der Waals surface area contributed by atoms with Crippen molar-refractivity contribution in [2.75, 3.05) is 6.54 Å². The minimum absolute atomic E-state index is 0.410. The summed E-state index contributed by atoms with van der Waals surface area (Å²) in [5.41, 5.74) is 3.82. The summed E-state index contributed by atoms with van der Waals surface area (Å²) in [5, 5.41) is 8.02. The number of nitrogens with zero attached hydrogens (tertiary/aromatic N) is 1. The van der Waals surface area contributed by atoms with Crippen LogP contribution in [0.2, 0.25) is 0 Å². The Balaban J connectivity index is 2.00. The van der Waals surface area contributed by atoms with Crippen LogP contribution in [-0.4, -0.2) is 11.5 Å². The molecule has 3 heteroatoms. The van der Waals surface area contributed by atoms with Gasteiger partial charge in [0.2, 0.25) is 0 Å². The fourth-order valence-electron chi connectivity index (χ4n) is 2.14. The van der Waals surface area contributed by atoms with Crippen LogP contribution in [0.15, 0.2) is 35.2 Å². The van der Waals surface area contributed by atoms with Crippen LogP contribution in [0.5, 0.6) is 0 Å². The van der Waals surface area contributed by atoms with Crippen molar-refractivity contribution in [3.8, 4) is 0 Å². The fraction of sp³-hybridized carbons (Fsp3) is 0.438. The van der Waals surface area contributed by atoms with Crippen molar-refractivity contribution < 1.29 is 0 Å². The van der Waals surface area contributed by atoms with Crippen molar-refractivity contribution in [3.63, 3.8) is 0 Å². The van der Waals surface area contributed by atoms with Gasteiger partial charge < -0.3 is 5.32 Å². The lowest BCUT2D eigenvalue weighted by Gasteiger charge is -2.18. The molecular formula is C16H22N2S. The summed E-state index contributed by atoms with van der Waals surface area (Å²) in [6.45, 7) is 5.29. The second kappa shape index (κ2) is 7.41. The maximum atomic E-state index is 4.42. The van der Waals surface area contributed by atoms with Crippen LogP contribution < -0.4 is 5.32 Å². The van der Waals surface area contributed by atoms with Gasteiger partial charge in [-0.15, -0.1) is 0 Å².